The van der Waals surface area contributed by atoms with Crippen LogP contribution in [0.2, 0.25) is 0 Å². The molecule has 0 aliphatic carbocycles. The first-order chi connectivity index (χ1) is 18.5. The lowest BCUT2D eigenvalue weighted by atomic mass is 9.98. The standard InChI is InChI=1S/C31H33NO6/c1-3-27(33)26-16-17-28(36-20-23-11-6-4-7-12-23)22(2)29(26)38-30(34)25-15-10-18-32(19-25)31(35)37-21-24-13-8-5-9-14-24/h4-9,11-14,16-17,25H,3,10,15,18-21H2,1-2H3. The molecule has 0 saturated carbocycles. The number of hydrogen-bond donors (Lipinski definition) is 0. The van der Waals surface area contributed by atoms with E-state index < -0.39 is 18.0 Å². The first-order valence-corrected chi connectivity index (χ1v) is 13.0. The largest absolute Gasteiger partial charge is 0.488 e. The first-order valence-electron chi connectivity index (χ1n) is 13.0. The minimum Gasteiger partial charge on any atom is -0.488 e. The number of ketones is 1. The van der Waals surface area contributed by atoms with E-state index in [-0.39, 0.29) is 31.1 Å². The molecule has 3 aromatic rings. The van der Waals surface area contributed by atoms with Gasteiger partial charge in [0.05, 0.1) is 11.5 Å². The Bertz CT molecular complexity index is 1260. The second kappa shape index (κ2) is 12.9. The number of rotatable bonds is 9. The van der Waals surface area contributed by atoms with E-state index in [1.807, 2.05) is 60.7 Å². The normalized spacial score (nSPS) is 15.0. The molecular formula is C31H33NO6. The molecule has 0 spiro atoms. The van der Waals surface area contributed by atoms with Crippen LogP contribution in [-0.2, 0) is 22.7 Å². The van der Waals surface area contributed by atoms with Crippen molar-refractivity contribution >= 4 is 17.8 Å². The summed E-state index contributed by atoms with van der Waals surface area (Å²) >= 11 is 0. The molecule has 1 aliphatic heterocycles. The summed E-state index contributed by atoms with van der Waals surface area (Å²) in [5.74, 6) is -0.361. The third-order valence-electron chi connectivity index (χ3n) is 6.64. The summed E-state index contributed by atoms with van der Waals surface area (Å²) in [6.45, 7) is 4.78. The van der Waals surface area contributed by atoms with Crippen LogP contribution >= 0.6 is 0 Å². The fourth-order valence-electron chi connectivity index (χ4n) is 4.44. The minimum absolute atomic E-state index is 0.125. The third-order valence-corrected chi connectivity index (χ3v) is 6.64. The molecule has 38 heavy (non-hydrogen) atoms. The van der Waals surface area contributed by atoms with Gasteiger partial charge in [0.2, 0.25) is 0 Å². The van der Waals surface area contributed by atoms with Gasteiger partial charge in [-0.25, -0.2) is 4.79 Å². The van der Waals surface area contributed by atoms with Crippen LogP contribution in [0.5, 0.6) is 11.5 Å². The summed E-state index contributed by atoms with van der Waals surface area (Å²) < 4.78 is 17.3. The Morgan fingerprint density at radius 3 is 2.21 bits per heavy atom. The second-order valence-corrected chi connectivity index (χ2v) is 9.36. The van der Waals surface area contributed by atoms with Crippen molar-refractivity contribution in [3.63, 3.8) is 0 Å². The van der Waals surface area contributed by atoms with Crippen LogP contribution in [-0.4, -0.2) is 35.8 Å². The molecular weight excluding hydrogens is 482 g/mol. The summed E-state index contributed by atoms with van der Waals surface area (Å²) in [4.78, 5) is 40.1. The van der Waals surface area contributed by atoms with E-state index in [1.165, 1.54) is 0 Å². The molecule has 3 aromatic carbocycles. The van der Waals surface area contributed by atoms with Gasteiger partial charge in [0, 0.05) is 25.1 Å². The number of amides is 1. The van der Waals surface area contributed by atoms with Gasteiger partial charge < -0.3 is 19.1 Å². The number of carbonyl (C=O) groups is 3. The van der Waals surface area contributed by atoms with Gasteiger partial charge in [-0.05, 0) is 43.0 Å². The minimum atomic E-state index is -0.522. The maximum Gasteiger partial charge on any atom is 0.410 e. The van der Waals surface area contributed by atoms with E-state index in [1.54, 1.807) is 30.9 Å². The number of carbonyl (C=O) groups excluding carboxylic acids is 3. The summed E-state index contributed by atoms with van der Waals surface area (Å²) in [6.07, 6.45) is 1.06. The molecule has 7 nitrogen and oxygen atoms in total. The van der Waals surface area contributed by atoms with Crippen LogP contribution in [0.4, 0.5) is 4.79 Å². The van der Waals surface area contributed by atoms with Crippen molar-refractivity contribution in [3.05, 3.63) is 95.1 Å². The molecule has 1 unspecified atom stereocenters. The average Bonchev–Trinajstić information content (AvgIpc) is 2.97. The zero-order chi connectivity index (χ0) is 26.9. The van der Waals surface area contributed by atoms with Crippen LogP contribution in [0.25, 0.3) is 0 Å². The zero-order valence-electron chi connectivity index (χ0n) is 21.9. The van der Waals surface area contributed by atoms with Crippen LogP contribution in [0.15, 0.2) is 72.8 Å². The highest BCUT2D eigenvalue weighted by Gasteiger charge is 2.32. The van der Waals surface area contributed by atoms with Crippen molar-refractivity contribution in [3.8, 4) is 11.5 Å². The van der Waals surface area contributed by atoms with Gasteiger partial charge in [0.15, 0.2) is 5.78 Å². The van der Waals surface area contributed by atoms with Gasteiger partial charge in [-0.2, -0.15) is 0 Å². The highest BCUT2D eigenvalue weighted by molar-refractivity contribution is 6.00. The molecule has 1 amide bonds. The van der Waals surface area contributed by atoms with Crippen molar-refractivity contribution in [2.75, 3.05) is 13.1 Å². The number of benzene rings is 3. The van der Waals surface area contributed by atoms with Gasteiger partial charge in [0.25, 0.3) is 0 Å². The molecule has 1 heterocycles. The Labute approximate surface area is 223 Å². The van der Waals surface area contributed by atoms with Crippen LogP contribution in [0.1, 0.15) is 53.2 Å². The summed E-state index contributed by atoms with van der Waals surface area (Å²) in [6, 6.07) is 22.6. The van der Waals surface area contributed by atoms with Gasteiger partial charge in [-0.15, -0.1) is 0 Å². The van der Waals surface area contributed by atoms with Crippen molar-refractivity contribution in [1.29, 1.82) is 0 Å². The van der Waals surface area contributed by atoms with E-state index in [9.17, 15) is 14.4 Å². The fourth-order valence-corrected chi connectivity index (χ4v) is 4.44. The number of likely N-dealkylation sites (tertiary alicyclic amines) is 1. The zero-order valence-corrected chi connectivity index (χ0v) is 21.9. The first kappa shape index (κ1) is 26.9. The van der Waals surface area contributed by atoms with Gasteiger partial charge in [-0.1, -0.05) is 67.6 Å². The molecule has 1 saturated heterocycles. The SMILES string of the molecule is CCC(=O)c1ccc(OCc2ccccc2)c(C)c1OC(=O)C1CCCN(C(=O)OCc2ccccc2)C1. The number of esters is 1. The van der Waals surface area contributed by atoms with Crippen molar-refractivity contribution in [1.82, 2.24) is 4.90 Å². The van der Waals surface area contributed by atoms with E-state index in [0.29, 0.717) is 42.9 Å². The lowest BCUT2D eigenvalue weighted by molar-refractivity contribution is -0.140. The number of ether oxygens (including phenoxy) is 3. The third kappa shape index (κ3) is 6.79. The Balaban J connectivity index is 1.44. The maximum absolute atomic E-state index is 13.3. The summed E-state index contributed by atoms with van der Waals surface area (Å²) in [5.41, 5.74) is 2.83. The molecule has 0 radical (unpaired) electrons. The van der Waals surface area contributed by atoms with Crippen LogP contribution in [0.3, 0.4) is 0 Å². The van der Waals surface area contributed by atoms with E-state index in [4.69, 9.17) is 14.2 Å². The van der Waals surface area contributed by atoms with Crippen LogP contribution in [0, 0.1) is 12.8 Å². The molecule has 1 atom stereocenters. The van der Waals surface area contributed by atoms with Crippen LogP contribution < -0.4 is 9.47 Å². The quantitative estimate of drug-likeness (QED) is 0.194. The molecule has 1 aliphatic rings. The number of hydrogen-bond acceptors (Lipinski definition) is 6. The van der Waals surface area contributed by atoms with Gasteiger partial charge >= 0.3 is 12.1 Å². The second-order valence-electron chi connectivity index (χ2n) is 9.36. The Kier molecular flexibility index (Phi) is 9.14. The maximum atomic E-state index is 13.3. The van der Waals surface area contributed by atoms with E-state index in [0.717, 1.165) is 11.1 Å². The highest BCUT2D eigenvalue weighted by atomic mass is 16.6. The summed E-state index contributed by atoms with van der Waals surface area (Å²) in [7, 11) is 0. The Morgan fingerprint density at radius 2 is 1.55 bits per heavy atom. The van der Waals surface area contributed by atoms with Crippen molar-refractivity contribution in [2.24, 2.45) is 5.92 Å². The lowest BCUT2D eigenvalue weighted by Crippen LogP contribution is -2.43. The number of piperidine rings is 1. The Hall–Kier alpha value is -4.13. The topological polar surface area (TPSA) is 82.1 Å². The molecule has 1 fully saturated rings. The fraction of sp³-hybridized carbons (Fsp3) is 0.323. The molecule has 198 valence electrons. The smallest absolute Gasteiger partial charge is 0.410 e. The van der Waals surface area contributed by atoms with E-state index >= 15 is 0 Å². The molecule has 0 N–H and O–H groups in total. The molecule has 4 rings (SSSR count). The monoisotopic (exact) mass is 515 g/mol. The molecule has 0 bridgehead atoms. The Morgan fingerprint density at radius 1 is 0.895 bits per heavy atom. The predicted molar refractivity (Wildman–Crippen MR) is 143 cm³/mol. The lowest BCUT2D eigenvalue weighted by Gasteiger charge is -2.31. The summed E-state index contributed by atoms with van der Waals surface area (Å²) in [5, 5.41) is 0. The molecule has 0 aromatic heterocycles. The van der Waals surface area contributed by atoms with Crippen molar-refractivity contribution in [2.45, 2.75) is 46.3 Å². The van der Waals surface area contributed by atoms with Gasteiger partial charge in [-0.3, -0.25) is 9.59 Å². The van der Waals surface area contributed by atoms with Gasteiger partial charge in [0.1, 0.15) is 24.7 Å². The average molecular weight is 516 g/mol. The highest BCUT2D eigenvalue weighted by Crippen LogP contribution is 2.34. The predicted octanol–water partition coefficient (Wildman–Crippen LogP) is 6.12. The number of Topliss-reactive ketones (excluding diaryl/α,β-unsaturated/α-hetero) is 1. The van der Waals surface area contributed by atoms with Crippen molar-refractivity contribution < 1.29 is 28.6 Å². The number of nitrogens with zero attached hydrogens (tertiary/aromatic N) is 1. The van der Waals surface area contributed by atoms with E-state index in [2.05, 4.69) is 0 Å². The molecule has 7 heteroatoms.